The van der Waals surface area contributed by atoms with Gasteiger partial charge in [0.15, 0.2) is 0 Å². The summed E-state index contributed by atoms with van der Waals surface area (Å²) in [6.45, 7) is 2.24. The van der Waals surface area contributed by atoms with Gasteiger partial charge in [0.1, 0.15) is 5.72 Å². The van der Waals surface area contributed by atoms with Gasteiger partial charge in [0.2, 0.25) is 0 Å². The zero-order valence-corrected chi connectivity index (χ0v) is 13.0. The zero-order valence-electron chi connectivity index (χ0n) is 12.2. The van der Waals surface area contributed by atoms with E-state index in [0.29, 0.717) is 12.1 Å². The van der Waals surface area contributed by atoms with Gasteiger partial charge in [-0.3, -0.25) is 15.4 Å². The second-order valence-corrected chi connectivity index (χ2v) is 5.04. The number of nitrogens with one attached hydrogen (secondary N) is 1. The van der Waals surface area contributed by atoms with Crippen LogP contribution in [0.1, 0.15) is 18.1 Å². The molecule has 2 aromatic rings. The Labute approximate surface area is 135 Å². The summed E-state index contributed by atoms with van der Waals surface area (Å²) in [6, 6.07) is 15.9. The van der Waals surface area contributed by atoms with Crippen LogP contribution in [0.2, 0.25) is 0 Å². The van der Waals surface area contributed by atoms with Gasteiger partial charge in [-0.2, -0.15) is 0 Å². The fraction of sp³-hybridized carbons (Fsp3) is 0.250. The molecule has 0 aliphatic heterocycles. The van der Waals surface area contributed by atoms with Crippen molar-refractivity contribution >= 4 is 18.1 Å². The molecule has 0 fully saturated rings. The van der Waals surface area contributed by atoms with Crippen molar-refractivity contribution < 1.29 is 10.0 Å². The Bertz CT molecular complexity index is 601. The van der Waals surface area contributed by atoms with E-state index in [2.05, 4.69) is 5.32 Å². The number of hydrogen-bond donors (Lipinski definition) is 2. The standard InChI is InChI=1S/C16H18N2O3.ClH/c1-16(19,14-7-9-15(10-8-14)18(20)21)17-12-11-13-5-3-2-4-6-13;/h2-10,17,19H,11-12H2,1H3;1H. The summed E-state index contributed by atoms with van der Waals surface area (Å²) in [7, 11) is 0. The molecule has 0 radical (unpaired) electrons. The SMILES string of the molecule is CC(O)(NCCc1ccccc1)c1ccc([N+](=O)[O-])cc1.Cl. The number of nitro benzene ring substituents is 1. The monoisotopic (exact) mass is 322 g/mol. The third-order valence-electron chi connectivity index (χ3n) is 3.37. The first-order chi connectivity index (χ1) is 9.99. The van der Waals surface area contributed by atoms with Crippen molar-refractivity contribution in [3.8, 4) is 0 Å². The summed E-state index contributed by atoms with van der Waals surface area (Å²) in [5.41, 5.74) is 0.577. The molecule has 0 aliphatic rings. The summed E-state index contributed by atoms with van der Waals surface area (Å²) in [4.78, 5) is 10.2. The van der Waals surface area contributed by atoms with Gasteiger partial charge < -0.3 is 5.11 Å². The second-order valence-electron chi connectivity index (χ2n) is 5.04. The highest BCUT2D eigenvalue weighted by Gasteiger charge is 2.22. The Balaban J connectivity index is 0.00000242. The average Bonchev–Trinajstić information content (AvgIpc) is 2.48. The quantitative estimate of drug-likeness (QED) is 0.487. The maximum absolute atomic E-state index is 10.6. The average molecular weight is 323 g/mol. The molecule has 2 aromatic carbocycles. The van der Waals surface area contributed by atoms with Crippen molar-refractivity contribution in [1.29, 1.82) is 0 Å². The van der Waals surface area contributed by atoms with Crippen LogP contribution < -0.4 is 5.32 Å². The highest BCUT2D eigenvalue weighted by atomic mass is 35.5. The minimum absolute atomic E-state index is 0. The van der Waals surface area contributed by atoms with Gasteiger partial charge in [-0.15, -0.1) is 12.4 Å². The van der Waals surface area contributed by atoms with E-state index in [1.165, 1.54) is 17.7 Å². The predicted octanol–water partition coefficient (Wildman–Crippen LogP) is 3.01. The first-order valence-electron chi connectivity index (χ1n) is 6.75. The van der Waals surface area contributed by atoms with E-state index in [0.717, 1.165) is 6.42 Å². The highest BCUT2D eigenvalue weighted by Crippen LogP contribution is 2.20. The summed E-state index contributed by atoms with van der Waals surface area (Å²) >= 11 is 0. The summed E-state index contributed by atoms with van der Waals surface area (Å²) in [6.07, 6.45) is 0.796. The molecule has 0 bridgehead atoms. The Kier molecular flexibility index (Phi) is 6.49. The van der Waals surface area contributed by atoms with E-state index < -0.39 is 10.6 Å². The van der Waals surface area contributed by atoms with Gasteiger partial charge in [0.25, 0.3) is 5.69 Å². The molecule has 0 heterocycles. The van der Waals surface area contributed by atoms with Crippen LogP contribution >= 0.6 is 12.4 Å². The molecule has 0 saturated carbocycles. The van der Waals surface area contributed by atoms with Crippen LogP contribution in [0.5, 0.6) is 0 Å². The summed E-state index contributed by atoms with van der Waals surface area (Å²) in [5.74, 6) is 0. The molecule has 0 aliphatic carbocycles. The lowest BCUT2D eigenvalue weighted by Gasteiger charge is -2.25. The van der Waals surface area contributed by atoms with Crippen LogP contribution in [-0.2, 0) is 12.1 Å². The van der Waals surface area contributed by atoms with Gasteiger partial charge in [-0.05, 0) is 36.6 Å². The molecule has 6 heteroatoms. The first kappa shape index (κ1) is 18.1. The zero-order chi connectivity index (χ0) is 15.3. The molecular weight excluding hydrogens is 304 g/mol. The molecule has 1 atom stereocenters. The molecule has 22 heavy (non-hydrogen) atoms. The second kappa shape index (κ2) is 7.89. The fourth-order valence-electron chi connectivity index (χ4n) is 2.10. The minimum Gasteiger partial charge on any atom is -0.372 e. The molecule has 0 amide bonds. The molecule has 2 N–H and O–H groups in total. The Morgan fingerprint density at radius 3 is 2.27 bits per heavy atom. The van der Waals surface area contributed by atoms with Gasteiger partial charge in [-0.1, -0.05) is 30.3 Å². The minimum atomic E-state index is -1.22. The van der Waals surface area contributed by atoms with Crippen molar-refractivity contribution in [2.24, 2.45) is 0 Å². The highest BCUT2D eigenvalue weighted by molar-refractivity contribution is 5.85. The van der Waals surface area contributed by atoms with Crippen LogP contribution in [0.15, 0.2) is 54.6 Å². The van der Waals surface area contributed by atoms with E-state index in [1.54, 1.807) is 19.1 Å². The van der Waals surface area contributed by atoms with Crippen LogP contribution in [0.25, 0.3) is 0 Å². The summed E-state index contributed by atoms with van der Waals surface area (Å²) in [5, 5.41) is 24.1. The number of hydrogen-bond acceptors (Lipinski definition) is 4. The van der Waals surface area contributed by atoms with Crippen LogP contribution in [0.4, 0.5) is 5.69 Å². The number of nitrogens with zero attached hydrogens (tertiary/aromatic N) is 1. The van der Waals surface area contributed by atoms with Crippen LogP contribution in [0.3, 0.4) is 0 Å². The van der Waals surface area contributed by atoms with Gasteiger partial charge in [0, 0.05) is 18.7 Å². The molecular formula is C16H19ClN2O3. The van der Waals surface area contributed by atoms with Gasteiger partial charge in [0.05, 0.1) is 4.92 Å². The Morgan fingerprint density at radius 1 is 1.14 bits per heavy atom. The third-order valence-corrected chi connectivity index (χ3v) is 3.37. The lowest BCUT2D eigenvalue weighted by molar-refractivity contribution is -0.384. The van der Waals surface area contributed by atoms with Crippen molar-refractivity contribution in [2.45, 2.75) is 19.1 Å². The van der Waals surface area contributed by atoms with Crippen molar-refractivity contribution in [2.75, 3.05) is 6.54 Å². The Hall–Kier alpha value is -1.95. The van der Waals surface area contributed by atoms with E-state index in [9.17, 15) is 15.2 Å². The number of halogens is 1. The van der Waals surface area contributed by atoms with Crippen LogP contribution in [-0.4, -0.2) is 16.6 Å². The van der Waals surface area contributed by atoms with Gasteiger partial charge >= 0.3 is 0 Å². The Morgan fingerprint density at radius 2 is 1.73 bits per heavy atom. The molecule has 0 aromatic heterocycles. The lowest BCUT2D eigenvalue weighted by atomic mass is 10.0. The van der Waals surface area contributed by atoms with E-state index in [4.69, 9.17) is 0 Å². The predicted molar refractivity (Wildman–Crippen MR) is 88.1 cm³/mol. The molecule has 0 saturated heterocycles. The third kappa shape index (κ3) is 4.80. The van der Waals surface area contributed by atoms with Gasteiger partial charge in [-0.25, -0.2) is 0 Å². The van der Waals surface area contributed by atoms with Crippen LogP contribution in [0, 0.1) is 10.1 Å². The number of rotatable bonds is 6. The first-order valence-corrected chi connectivity index (χ1v) is 6.75. The maximum Gasteiger partial charge on any atom is 0.269 e. The van der Waals surface area contributed by atoms with E-state index in [-0.39, 0.29) is 18.1 Å². The fourth-order valence-corrected chi connectivity index (χ4v) is 2.10. The smallest absolute Gasteiger partial charge is 0.269 e. The topological polar surface area (TPSA) is 75.4 Å². The molecule has 5 nitrogen and oxygen atoms in total. The van der Waals surface area contributed by atoms with E-state index in [1.807, 2.05) is 30.3 Å². The molecule has 1 unspecified atom stereocenters. The molecule has 0 spiro atoms. The molecule has 2 rings (SSSR count). The lowest BCUT2D eigenvalue weighted by Crippen LogP contribution is -2.40. The number of non-ortho nitro benzene ring substituents is 1. The van der Waals surface area contributed by atoms with E-state index >= 15 is 0 Å². The van der Waals surface area contributed by atoms with Crippen molar-refractivity contribution in [3.63, 3.8) is 0 Å². The number of aliphatic hydroxyl groups is 1. The molecule has 118 valence electrons. The number of nitro groups is 1. The normalized spacial score (nSPS) is 13.0. The maximum atomic E-state index is 10.6. The van der Waals surface area contributed by atoms with Crippen molar-refractivity contribution in [3.05, 3.63) is 75.8 Å². The summed E-state index contributed by atoms with van der Waals surface area (Å²) < 4.78 is 0. The van der Waals surface area contributed by atoms with Crippen molar-refractivity contribution in [1.82, 2.24) is 5.32 Å². The number of benzene rings is 2. The largest absolute Gasteiger partial charge is 0.372 e.